The zero-order chi connectivity index (χ0) is 25.1. The van der Waals surface area contributed by atoms with E-state index in [4.69, 9.17) is 9.47 Å². The molecule has 0 spiro atoms. The van der Waals surface area contributed by atoms with E-state index in [1.807, 2.05) is 19.9 Å². The van der Waals surface area contributed by atoms with Gasteiger partial charge in [0.15, 0.2) is 5.78 Å². The van der Waals surface area contributed by atoms with Crippen LogP contribution in [0.5, 0.6) is 0 Å². The minimum atomic E-state index is -0.216. The molecule has 5 unspecified atom stereocenters. The molecular weight excluding hydrogens is 440 g/mol. The number of fused-ring (bicyclic) bond motifs is 5. The predicted octanol–water partition coefficient (Wildman–Crippen LogP) is 5.74. The molecule has 0 saturated heterocycles. The van der Waals surface area contributed by atoms with Crippen molar-refractivity contribution in [2.45, 2.75) is 85.7 Å². The molecule has 5 aliphatic rings. The largest absolute Gasteiger partial charge is 0.465 e. The Bertz CT molecular complexity index is 1030. The molecular formula is C30H40O5. The molecule has 1 aliphatic heterocycles. The molecule has 0 aromatic heterocycles. The maximum atomic E-state index is 12.5. The number of allylic oxidation sites excluding steroid dienone is 4. The second kappa shape index (κ2) is 8.74. The van der Waals surface area contributed by atoms with E-state index in [9.17, 15) is 14.4 Å². The third-order valence-corrected chi connectivity index (χ3v) is 10.8. The number of esters is 2. The molecule has 35 heavy (non-hydrogen) atoms. The van der Waals surface area contributed by atoms with Crippen LogP contribution in [0.2, 0.25) is 0 Å². The van der Waals surface area contributed by atoms with E-state index in [0.717, 1.165) is 56.1 Å². The van der Waals surface area contributed by atoms with E-state index in [-0.39, 0.29) is 40.6 Å². The van der Waals surface area contributed by atoms with Crippen LogP contribution in [0.15, 0.2) is 34.9 Å². The van der Waals surface area contributed by atoms with E-state index in [0.29, 0.717) is 30.3 Å². The average molecular weight is 481 g/mol. The van der Waals surface area contributed by atoms with Gasteiger partial charge in [-0.1, -0.05) is 31.1 Å². The summed E-state index contributed by atoms with van der Waals surface area (Å²) in [6.45, 7) is 10.4. The maximum Gasteiger partial charge on any atom is 0.333 e. The Kier molecular flexibility index (Phi) is 6.12. The summed E-state index contributed by atoms with van der Waals surface area (Å²) in [4.78, 5) is 36.6. The molecule has 8 atom stereocenters. The summed E-state index contributed by atoms with van der Waals surface area (Å²) < 4.78 is 11.8. The molecule has 1 heterocycles. The fraction of sp³-hybridized carbons (Fsp3) is 0.700. The van der Waals surface area contributed by atoms with Crippen molar-refractivity contribution in [3.8, 4) is 0 Å². The lowest BCUT2D eigenvalue weighted by Gasteiger charge is -2.58. The third-order valence-electron chi connectivity index (χ3n) is 10.8. The Labute approximate surface area is 209 Å². The number of hydrogen-bond donors (Lipinski definition) is 0. The van der Waals surface area contributed by atoms with Crippen LogP contribution < -0.4 is 0 Å². The van der Waals surface area contributed by atoms with Crippen LogP contribution in [0.25, 0.3) is 0 Å². The Morgan fingerprint density at radius 2 is 1.94 bits per heavy atom. The van der Waals surface area contributed by atoms with Crippen molar-refractivity contribution in [1.82, 2.24) is 0 Å². The lowest BCUT2D eigenvalue weighted by molar-refractivity contribution is -0.159. The van der Waals surface area contributed by atoms with Gasteiger partial charge in [-0.15, -0.1) is 0 Å². The van der Waals surface area contributed by atoms with Gasteiger partial charge in [0.1, 0.15) is 6.10 Å². The van der Waals surface area contributed by atoms with Gasteiger partial charge in [-0.3, -0.25) is 9.59 Å². The molecule has 5 nitrogen and oxygen atoms in total. The van der Waals surface area contributed by atoms with Crippen molar-refractivity contribution in [3.63, 3.8) is 0 Å². The van der Waals surface area contributed by atoms with E-state index >= 15 is 0 Å². The first-order valence-corrected chi connectivity index (χ1v) is 13.5. The summed E-state index contributed by atoms with van der Waals surface area (Å²) in [7, 11) is 0. The normalized spacial score (nSPS) is 41.4. The van der Waals surface area contributed by atoms with Crippen LogP contribution in [0, 0.1) is 40.4 Å². The minimum Gasteiger partial charge on any atom is -0.465 e. The monoisotopic (exact) mass is 480 g/mol. The quantitative estimate of drug-likeness (QED) is 0.480. The fourth-order valence-electron chi connectivity index (χ4n) is 8.81. The van der Waals surface area contributed by atoms with Gasteiger partial charge in [0.25, 0.3) is 0 Å². The zero-order valence-electron chi connectivity index (χ0n) is 21.9. The van der Waals surface area contributed by atoms with E-state index in [1.165, 1.54) is 12.5 Å². The summed E-state index contributed by atoms with van der Waals surface area (Å²) in [5.74, 6) is 1.82. The fourth-order valence-corrected chi connectivity index (χ4v) is 8.81. The molecule has 3 saturated carbocycles. The summed E-state index contributed by atoms with van der Waals surface area (Å²) in [5.41, 5.74) is 3.05. The lowest BCUT2D eigenvalue weighted by Crippen LogP contribution is -2.53. The molecule has 0 bridgehead atoms. The molecule has 5 rings (SSSR count). The first-order chi connectivity index (χ1) is 16.6. The van der Waals surface area contributed by atoms with Gasteiger partial charge < -0.3 is 9.47 Å². The van der Waals surface area contributed by atoms with Gasteiger partial charge in [0.05, 0.1) is 6.61 Å². The van der Waals surface area contributed by atoms with Crippen LogP contribution in [-0.4, -0.2) is 30.4 Å². The standard InChI is InChI=1S/C30H40O5/c1-17-14-27(35-28(33)18(17)2)19(3)24-8-9-26-23-7-6-21-15-22(32)10-12-29(21,5)25(23)11-13-30(24,26)16-34-20(4)31/h10,12,15,19,23-27H,6-9,11,13-14,16H2,1-5H3/t19-,23?,24?,25?,26?,27?,29-,30-/m0/s1. The topological polar surface area (TPSA) is 69.7 Å². The highest BCUT2D eigenvalue weighted by Crippen LogP contribution is 2.67. The van der Waals surface area contributed by atoms with Gasteiger partial charge >= 0.3 is 11.9 Å². The van der Waals surface area contributed by atoms with Crippen LogP contribution in [-0.2, 0) is 23.9 Å². The van der Waals surface area contributed by atoms with Gasteiger partial charge in [-0.2, -0.15) is 0 Å². The molecule has 0 N–H and O–H groups in total. The number of ether oxygens (including phenoxy) is 2. The van der Waals surface area contributed by atoms with Gasteiger partial charge in [-0.05, 0) is 94.1 Å². The first-order valence-electron chi connectivity index (χ1n) is 13.5. The summed E-state index contributed by atoms with van der Waals surface area (Å²) in [6.07, 6.45) is 12.9. The van der Waals surface area contributed by atoms with Crippen LogP contribution in [0.3, 0.4) is 0 Å². The Morgan fingerprint density at radius 3 is 2.66 bits per heavy atom. The van der Waals surface area contributed by atoms with Crippen LogP contribution in [0.1, 0.15) is 79.6 Å². The number of carbonyl (C=O) groups excluding carboxylic acids is 3. The average Bonchev–Trinajstić information content (AvgIpc) is 3.20. The van der Waals surface area contributed by atoms with Crippen LogP contribution >= 0.6 is 0 Å². The number of cyclic esters (lactones) is 1. The summed E-state index contributed by atoms with van der Waals surface area (Å²) in [5, 5.41) is 0. The zero-order valence-corrected chi connectivity index (χ0v) is 21.9. The molecule has 5 heteroatoms. The second-order valence-corrected chi connectivity index (χ2v) is 12.3. The van der Waals surface area contributed by atoms with Crippen molar-refractivity contribution < 1.29 is 23.9 Å². The number of carbonyl (C=O) groups is 3. The molecule has 3 fully saturated rings. The van der Waals surface area contributed by atoms with Gasteiger partial charge in [0.2, 0.25) is 0 Å². The predicted molar refractivity (Wildman–Crippen MR) is 133 cm³/mol. The maximum absolute atomic E-state index is 12.5. The summed E-state index contributed by atoms with van der Waals surface area (Å²) >= 11 is 0. The number of hydrogen-bond acceptors (Lipinski definition) is 5. The molecule has 190 valence electrons. The minimum absolute atomic E-state index is 0.0492. The van der Waals surface area contributed by atoms with E-state index < -0.39 is 0 Å². The number of ketones is 1. The molecule has 0 aromatic rings. The molecule has 4 aliphatic carbocycles. The van der Waals surface area contributed by atoms with E-state index in [1.54, 1.807) is 6.08 Å². The Morgan fingerprint density at radius 1 is 1.17 bits per heavy atom. The Hall–Kier alpha value is -2.17. The molecule has 0 aromatic carbocycles. The van der Waals surface area contributed by atoms with Crippen molar-refractivity contribution in [2.24, 2.45) is 40.4 Å². The van der Waals surface area contributed by atoms with Crippen LogP contribution in [0.4, 0.5) is 0 Å². The first kappa shape index (κ1) is 24.5. The van der Waals surface area contributed by atoms with Crippen molar-refractivity contribution >= 4 is 17.7 Å². The SMILES string of the molecule is CC(=O)OC[C@]12CCC3C(CCC4=CC(=O)C=C[C@@]43C)C1CCC2[C@H](C)C1CC(C)=C(C)C(=O)O1. The molecule has 0 amide bonds. The van der Waals surface area contributed by atoms with E-state index in [2.05, 4.69) is 19.9 Å². The second-order valence-electron chi connectivity index (χ2n) is 12.3. The highest BCUT2D eigenvalue weighted by molar-refractivity contribution is 6.01. The summed E-state index contributed by atoms with van der Waals surface area (Å²) in [6, 6.07) is 0. The lowest BCUT2D eigenvalue weighted by atomic mass is 9.47. The smallest absolute Gasteiger partial charge is 0.333 e. The van der Waals surface area contributed by atoms with Gasteiger partial charge in [0, 0.05) is 29.7 Å². The molecule has 0 radical (unpaired) electrons. The Balaban J connectivity index is 1.45. The highest BCUT2D eigenvalue weighted by atomic mass is 16.5. The van der Waals surface area contributed by atoms with Crippen molar-refractivity contribution in [1.29, 1.82) is 0 Å². The highest BCUT2D eigenvalue weighted by Gasteiger charge is 2.62. The van der Waals surface area contributed by atoms with Crippen molar-refractivity contribution in [3.05, 3.63) is 34.9 Å². The van der Waals surface area contributed by atoms with Gasteiger partial charge in [-0.25, -0.2) is 4.79 Å². The van der Waals surface area contributed by atoms with Crippen molar-refractivity contribution in [2.75, 3.05) is 6.61 Å². The number of rotatable bonds is 4. The third kappa shape index (κ3) is 3.84.